The molecule has 7 nitrogen and oxygen atoms in total. The van der Waals surface area contributed by atoms with Gasteiger partial charge < -0.3 is 15.3 Å². The third-order valence-electron chi connectivity index (χ3n) is 6.15. The van der Waals surface area contributed by atoms with E-state index in [9.17, 15) is 19.5 Å². The lowest BCUT2D eigenvalue weighted by molar-refractivity contribution is -0.142. The van der Waals surface area contributed by atoms with E-state index < -0.39 is 17.4 Å². The van der Waals surface area contributed by atoms with E-state index in [0.29, 0.717) is 0 Å². The number of nitrogens with one attached hydrogen (secondary N) is 1. The third kappa shape index (κ3) is 7.34. The van der Waals surface area contributed by atoms with Crippen molar-refractivity contribution in [3.8, 4) is 0 Å². The van der Waals surface area contributed by atoms with Crippen LogP contribution in [0.2, 0.25) is 0 Å². The normalized spacial score (nSPS) is 20.5. The Morgan fingerprint density at radius 2 is 1.71 bits per heavy atom. The fourth-order valence-electron chi connectivity index (χ4n) is 4.17. The molecule has 0 aromatic carbocycles. The molecule has 31 heavy (non-hydrogen) atoms. The van der Waals surface area contributed by atoms with Gasteiger partial charge >= 0.3 is 5.97 Å². The minimum Gasteiger partial charge on any atom is -0.478 e. The van der Waals surface area contributed by atoms with Gasteiger partial charge in [0.05, 0.1) is 12.1 Å². The highest BCUT2D eigenvalue weighted by molar-refractivity contribution is 5.91. The molecule has 0 spiro atoms. The molecular weight excluding hydrogens is 394 g/mol. The standard InChI is InChI=1S/C24H43N3O4/c1-15(2)19(14-17(5)23(30)31)26(9)22(29)20(24(6,7)8)25-21(28)18-12-10-11-13-27(18)16(3)4/h14-16,18-20H,10-13H2,1-9H3,(H,25,28)(H,30,31)/b17-14+/t18-,19-,20+/m1/s1. The Hall–Kier alpha value is -1.89. The summed E-state index contributed by atoms with van der Waals surface area (Å²) in [6.45, 7) is 16.3. The number of likely N-dealkylation sites (tertiary alicyclic amines) is 1. The molecule has 1 fully saturated rings. The van der Waals surface area contributed by atoms with Crippen molar-refractivity contribution in [1.29, 1.82) is 0 Å². The van der Waals surface area contributed by atoms with Gasteiger partial charge in [-0.3, -0.25) is 14.5 Å². The number of carbonyl (C=O) groups excluding carboxylic acids is 2. The lowest BCUT2D eigenvalue weighted by Gasteiger charge is -2.41. The summed E-state index contributed by atoms with van der Waals surface area (Å²) in [5, 5.41) is 12.3. The molecule has 1 rings (SSSR count). The molecule has 3 atom stereocenters. The lowest BCUT2D eigenvalue weighted by atomic mass is 9.84. The number of amides is 2. The van der Waals surface area contributed by atoms with Crippen LogP contribution in [0.4, 0.5) is 0 Å². The molecule has 0 unspecified atom stereocenters. The summed E-state index contributed by atoms with van der Waals surface area (Å²) in [6, 6.07) is -1.06. The smallest absolute Gasteiger partial charge is 0.331 e. The number of carboxylic acids is 1. The fourth-order valence-corrected chi connectivity index (χ4v) is 4.17. The minimum atomic E-state index is -1.00. The van der Waals surface area contributed by atoms with Crippen molar-refractivity contribution < 1.29 is 19.5 Å². The van der Waals surface area contributed by atoms with E-state index >= 15 is 0 Å². The van der Waals surface area contributed by atoms with E-state index in [2.05, 4.69) is 24.1 Å². The van der Waals surface area contributed by atoms with E-state index in [-0.39, 0.29) is 41.4 Å². The van der Waals surface area contributed by atoms with Crippen LogP contribution < -0.4 is 5.32 Å². The molecule has 1 aliphatic rings. The number of likely N-dealkylation sites (N-methyl/N-ethyl adjacent to an activating group) is 1. The number of piperidine rings is 1. The number of nitrogens with zero attached hydrogens (tertiary/aromatic N) is 2. The number of carboxylic acid groups (broad SMARTS) is 1. The lowest BCUT2D eigenvalue weighted by Crippen LogP contribution is -2.60. The van der Waals surface area contributed by atoms with Crippen LogP contribution in [0.5, 0.6) is 0 Å². The Kier molecular flexibility index (Phi) is 9.73. The van der Waals surface area contributed by atoms with E-state index in [1.54, 1.807) is 18.0 Å². The summed E-state index contributed by atoms with van der Waals surface area (Å²) in [5.74, 6) is -1.29. The first-order chi connectivity index (χ1) is 14.2. The second-order valence-electron chi connectivity index (χ2n) is 10.5. The molecule has 1 aliphatic heterocycles. The molecule has 0 radical (unpaired) electrons. The topological polar surface area (TPSA) is 90.0 Å². The first-order valence-electron chi connectivity index (χ1n) is 11.4. The van der Waals surface area contributed by atoms with E-state index in [1.165, 1.54) is 6.92 Å². The second kappa shape index (κ2) is 11.1. The second-order valence-corrected chi connectivity index (χ2v) is 10.5. The largest absolute Gasteiger partial charge is 0.478 e. The summed E-state index contributed by atoms with van der Waals surface area (Å²) < 4.78 is 0. The van der Waals surface area contributed by atoms with Gasteiger partial charge in [-0.05, 0) is 51.5 Å². The quantitative estimate of drug-likeness (QED) is 0.569. The number of hydrogen-bond acceptors (Lipinski definition) is 4. The van der Waals surface area contributed by atoms with Crippen LogP contribution in [0, 0.1) is 11.3 Å². The van der Waals surface area contributed by atoms with E-state index in [4.69, 9.17) is 0 Å². The Morgan fingerprint density at radius 1 is 1.13 bits per heavy atom. The van der Waals surface area contributed by atoms with E-state index in [1.807, 2.05) is 34.6 Å². The Morgan fingerprint density at radius 3 is 2.16 bits per heavy atom. The van der Waals surface area contributed by atoms with Gasteiger partial charge in [0.1, 0.15) is 6.04 Å². The predicted octanol–water partition coefficient (Wildman–Crippen LogP) is 3.29. The van der Waals surface area contributed by atoms with Gasteiger partial charge in [0.15, 0.2) is 0 Å². The zero-order valence-electron chi connectivity index (χ0n) is 20.9. The average molecular weight is 438 g/mol. The summed E-state index contributed by atoms with van der Waals surface area (Å²) in [6.07, 6.45) is 4.50. The Bertz CT molecular complexity index is 679. The van der Waals surface area contributed by atoms with Crippen molar-refractivity contribution in [3.05, 3.63) is 11.6 Å². The predicted molar refractivity (Wildman–Crippen MR) is 124 cm³/mol. The van der Waals surface area contributed by atoms with Gasteiger partial charge in [-0.1, -0.05) is 47.1 Å². The molecule has 178 valence electrons. The van der Waals surface area contributed by atoms with Gasteiger partial charge in [-0.2, -0.15) is 0 Å². The van der Waals surface area contributed by atoms with E-state index in [0.717, 1.165) is 25.8 Å². The molecule has 1 heterocycles. The van der Waals surface area contributed by atoms with Crippen LogP contribution in [0.3, 0.4) is 0 Å². The molecule has 2 amide bonds. The zero-order valence-corrected chi connectivity index (χ0v) is 20.9. The van der Waals surface area contributed by atoms with Crippen LogP contribution in [-0.2, 0) is 14.4 Å². The molecule has 0 aliphatic carbocycles. The zero-order chi connectivity index (χ0) is 24.1. The molecule has 0 aromatic rings. The molecule has 0 aromatic heterocycles. The van der Waals surface area contributed by atoms with Crippen LogP contribution >= 0.6 is 0 Å². The first-order valence-corrected chi connectivity index (χ1v) is 11.4. The highest BCUT2D eigenvalue weighted by Gasteiger charge is 2.39. The minimum absolute atomic E-state index is 0.0225. The summed E-state index contributed by atoms with van der Waals surface area (Å²) in [7, 11) is 1.69. The van der Waals surface area contributed by atoms with Crippen molar-refractivity contribution in [2.24, 2.45) is 11.3 Å². The number of hydrogen-bond donors (Lipinski definition) is 2. The molecule has 2 N–H and O–H groups in total. The summed E-state index contributed by atoms with van der Waals surface area (Å²) >= 11 is 0. The maximum absolute atomic E-state index is 13.5. The summed E-state index contributed by atoms with van der Waals surface area (Å²) in [5.41, 5.74) is -0.296. The monoisotopic (exact) mass is 437 g/mol. The number of rotatable bonds is 8. The molecule has 0 bridgehead atoms. The third-order valence-corrected chi connectivity index (χ3v) is 6.15. The number of carbonyl (C=O) groups is 3. The molecular formula is C24H43N3O4. The maximum atomic E-state index is 13.5. The van der Waals surface area contributed by atoms with Crippen LogP contribution in [0.15, 0.2) is 11.6 Å². The van der Waals surface area contributed by atoms with Crippen molar-refractivity contribution in [3.63, 3.8) is 0 Å². The van der Waals surface area contributed by atoms with Crippen molar-refractivity contribution in [2.45, 2.75) is 98.8 Å². The van der Waals surface area contributed by atoms with Gasteiger partial charge in [0.2, 0.25) is 11.8 Å². The maximum Gasteiger partial charge on any atom is 0.331 e. The van der Waals surface area contributed by atoms with Gasteiger partial charge in [-0.25, -0.2) is 4.79 Å². The Labute approximate surface area is 188 Å². The van der Waals surface area contributed by atoms with Crippen molar-refractivity contribution in [2.75, 3.05) is 13.6 Å². The van der Waals surface area contributed by atoms with Crippen LogP contribution in [0.1, 0.15) is 74.7 Å². The van der Waals surface area contributed by atoms with Gasteiger partial charge in [-0.15, -0.1) is 0 Å². The Balaban J connectivity index is 3.15. The van der Waals surface area contributed by atoms with Gasteiger partial charge in [0.25, 0.3) is 0 Å². The van der Waals surface area contributed by atoms with Crippen molar-refractivity contribution >= 4 is 17.8 Å². The van der Waals surface area contributed by atoms with Crippen molar-refractivity contribution in [1.82, 2.24) is 15.1 Å². The highest BCUT2D eigenvalue weighted by atomic mass is 16.4. The highest BCUT2D eigenvalue weighted by Crippen LogP contribution is 2.25. The van der Waals surface area contributed by atoms with Gasteiger partial charge in [0, 0.05) is 18.7 Å². The van der Waals surface area contributed by atoms with Crippen LogP contribution in [0.25, 0.3) is 0 Å². The first kappa shape index (κ1) is 27.1. The fraction of sp³-hybridized carbons (Fsp3) is 0.792. The number of aliphatic carboxylic acids is 1. The van der Waals surface area contributed by atoms with Crippen LogP contribution in [-0.4, -0.2) is 70.4 Å². The molecule has 0 saturated carbocycles. The summed E-state index contributed by atoms with van der Waals surface area (Å²) in [4.78, 5) is 41.9. The average Bonchev–Trinajstić information content (AvgIpc) is 2.67. The molecule has 1 saturated heterocycles. The SMILES string of the molecule is C/C(=C\[C@H](C(C)C)N(C)C(=O)[C@H](NC(=O)[C@H]1CCCCN1C(C)C)C(C)(C)C)C(=O)O. The molecule has 7 heteroatoms.